The first-order valence-electron chi connectivity index (χ1n) is 7.95. The highest BCUT2D eigenvalue weighted by molar-refractivity contribution is 5.00. The minimum Gasteiger partial charge on any atom is -0.329 e. The number of piperidine rings is 1. The maximum absolute atomic E-state index is 6.23. The molecule has 3 atom stereocenters. The lowest BCUT2D eigenvalue weighted by molar-refractivity contribution is -0.0404. The van der Waals surface area contributed by atoms with E-state index in [2.05, 4.69) is 32.6 Å². The van der Waals surface area contributed by atoms with Gasteiger partial charge in [0.05, 0.1) is 0 Å². The summed E-state index contributed by atoms with van der Waals surface area (Å²) in [7, 11) is 0. The van der Waals surface area contributed by atoms with Crippen molar-refractivity contribution in [2.24, 2.45) is 23.5 Å². The monoisotopic (exact) mass is 252 g/mol. The van der Waals surface area contributed by atoms with Gasteiger partial charge in [0.1, 0.15) is 0 Å². The van der Waals surface area contributed by atoms with Crippen molar-refractivity contribution in [1.82, 2.24) is 4.90 Å². The van der Waals surface area contributed by atoms with Gasteiger partial charge in [-0.2, -0.15) is 0 Å². The van der Waals surface area contributed by atoms with Crippen LogP contribution in [0.5, 0.6) is 0 Å². The van der Waals surface area contributed by atoms with Gasteiger partial charge in [0.25, 0.3) is 0 Å². The Labute approximate surface area is 113 Å². The van der Waals surface area contributed by atoms with E-state index in [0.29, 0.717) is 11.6 Å². The molecule has 2 nitrogen and oxygen atoms in total. The van der Waals surface area contributed by atoms with Gasteiger partial charge in [-0.1, -0.05) is 20.8 Å². The molecule has 0 spiro atoms. The number of hydrogen-bond acceptors (Lipinski definition) is 2. The molecule has 1 heterocycles. The molecule has 1 saturated carbocycles. The van der Waals surface area contributed by atoms with Gasteiger partial charge in [-0.25, -0.2) is 0 Å². The summed E-state index contributed by atoms with van der Waals surface area (Å²) in [6.45, 7) is 11.8. The second kappa shape index (κ2) is 5.50. The van der Waals surface area contributed by atoms with E-state index in [1.165, 1.54) is 38.6 Å². The summed E-state index contributed by atoms with van der Waals surface area (Å²) in [5.74, 6) is 2.55. The molecule has 1 aliphatic heterocycles. The van der Waals surface area contributed by atoms with Crippen molar-refractivity contribution in [3.63, 3.8) is 0 Å². The maximum Gasteiger partial charge on any atom is 0.0334 e. The Morgan fingerprint density at radius 3 is 2.22 bits per heavy atom. The molecule has 0 aromatic carbocycles. The quantitative estimate of drug-likeness (QED) is 0.817. The number of hydrogen-bond donors (Lipinski definition) is 1. The predicted octanol–water partition coefficient (Wildman–Crippen LogP) is 3.26. The second-order valence-corrected chi connectivity index (χ2v) is 7.32. The summed E-state index contributed by atoms with van der Waals surface area (Å²) in [5.41, 5.74) is 6.54. The molecule has 0 aromatic heterocycles. The van der Waals surface area contributed by atoms with E-state index >= 15 is 0 Å². The van der Waals surface area contributed by atoms with Gasteiger partial charge in [-0.15, -0.1) is 0 Å². The zero-order valence-corrected chi connectivity index (χ0v) is 12.8. The molecule has 0 bridgehead atoms. The van der Waals surface area contributed by atoms with Gasteiger partial charge >= 0.3 is 0 Å². The first-order valence-corrected chi connectivity index (χ1v) is 7.95. The molecular formula is C16H32N2. The van der Waals surface area contributed by atoms with E-state index in [9.17, 15) is 0 Å². The lowest BCUT2D eigenvalue weighted by Crippen LogP contribution is -2.62. The van der Waals surface area contributed by atoms with Gasteiger partial charge in [0.15, 0.2) is 0 Å². The summed E-state index contributed by atoms with van der Waals surface area (Å²) in [6, 6.07) is 0.707. The van der Waals surface area contributed by atoms with Crippen molar-refractivity contribution >= 4 is 0 Å². The Morgan fingerprint density at radius 2 is 1.67 bits per heavy atom. The number of rotatable bonds is 2. The SMILES string of the molecule is CC1CCC(CN)(N2CC(C)CC(C)C2C)CC1. The lowest BCUT2D eigenvalue weighted by Gasteiger charge is -2.54. The van der Waals surface area contributed by atoms with E-state index in [-0.39, 0.29) is 0 Å². The van der Waals surface area contributed by atoms with Crippen LogP contribution >= 0.6 is 0 Å². The standard InChI is InChI=1S/C16H32N2/c1-12-5-7-16(11-17,8-6-12)18-10-13(2)9-14(3)15(18)4/h12-15H,5-11,17H2,1-4H3. The van der Waals surface area contributed by atoms with Crippen LogP contribution in [-0.4, -0.2) is 29.6 Å². The van der Waals surface area contributed by atoms with Crippen LogP contribution in [0.2, 0.25) is 0 Å². The maximum atomic E-state index is 6.23. The van der Waals surface area contributed by atoms with Gasteiger partial charge in [-0.3, -0.25) is 4.90 Å². The zero-order valence-electron chi connectivity index (χ0n) is 12.8. The normalized spacial score (nSPS) is 47.2. The minimum absolute atomic E-state index is 0.314. The molecule has 0 amide bonds. The summed E-state index contributed by atoms with van der Waals surface area (Å²) in [5, 5.41) is 0. The molecule has 2 fully saturated rings. The summed E-state index contributed by atoms with van der Waals surface area (Å²) in [4.78, 5) is 2.79. The molecule has 2 heteroatoms. The molecule has 18 heavy (non-hydrogen) atoms. The van der Waals surface area contributed by atoms with E-state index < -0.39 is 0 Å². The third-order valence-electron chi connectivity index (χ3n) is 5.79. The highest BCUT2D eigenvalue weighted by Crippen LogP contribution is 2.41. The van der Waals surface area contributed by atoms with Gasteiger partial charge in [0, 0.05) is 24.7 Å². The molecular weight excluding hydrogens is 220 g/mol. The van der Waals surface area contributed by atoms with Crippen molar-refractivity contribution in [1.29, 1.82) is 0 Å². The van der Waals surface area contributed by atoms with Crippen LogP contribution in [0.1, 0.15) is 59.8 Å². The molecule has 0 aromatic rings. The van der Waals surface area contributed by atoms with E-state index in [1.54, 1.807) is 0 Å². The van der Waals surface area contributed by atoms with Crippen LogP contribution in [0, 0.1) is 17.8 Å². The molecule has 1 saturated heterocycles. The Hall–Kier alpha value is -0.0800. The van der Waals surface area contributed by atoms with Crippen LogP contribution in [0.4, 0.5) is 0 Å². The average Bonchev–Trinajstić information content (AvgIpc) is 2.35. The zero-order chi connectivity index (χ0) is 13.3. The fourth-order valence-corrected chi connectivity index (χ4v) is 4.25. The number of nitrogens with zero attached hydrogens (tertiary/aromatic N) is 1. The van der Waals surface area contributed by atoms with Crippen LogP contribution in [-0.2, 0) is 0 Å². The average molecular weight is 252 g/mol. The van der Waals surface area contributed by atoms with Crippen LogP contribution in [0.15, 0.2) is 0 Å². The van der Waals surface area contributed by atoms with Crippen molar-refractivity contribution < 1.29 is 0 Å². The van der Waals surface area contributed by atoms with Gasteiger partial charge in [-0.05, 0) is 56.8 Å². The van der Waals surface area contributed by atoms with Crippen LogP contribution in [0.25, 0.3) is 0 Å². The Morgan fingerprint density at radius 1 is 1.06 bits per heavy atom. The first-order chi connectivity index (χ1) is 8.48. The Bertz CT molecular complexity index is 268. The molecule has 3 unspecified atom stereocenters. The van der Waals surface area contributed by atoms with E-state index in [4.69, 9.17) is 5.73 Å². The van der Waals surface area contributed by atoms with E-state index in [1.807, 2.05) is 0 Å². The molecule has 106 valence electrons. The van der Waals surface area contributed by atoms with Gasteiger partial charge in [0.2, 0.25) is 0 Å². The summed E-state index contributed by atoms with van der Waals surface area (Å²) < 4.78 is 0. The largest absolute Gasteiger partial charge is 0.329 e. The summed E-state index contributed by atoms with van der Waals surface area (Å²) in [6.07, 6.45) is 6.74. The van der Waals surface area contributed by atoms with Crippen molar-refractivity contribution in [3.05, 3.63) is 0 Å². The molecule has 1 aliphatic carbocycles. The topological polar surface area (TPSA) is 29.3 Å². The molecule has 0 radical (unpaired) electrons. The minimum atomic E-state index is 0.314. The van der Waals surface area contributed by atoms with Gasteiger partial charge < -0.3 is 5.73 Å². The van der Waals surface area contributed by atoms with Crippen LogP contribution < -0.4 is 5.73 Å². The second-order valence-electron chi connectivity index (χ2n) is 7.32. The molecule has 2 N–H and O–H groups in total. The fraction of sp³-hybridized carbons (Fsp3) is 1.00. The molecule has 2 aliphatic rings. The van der Waals surface area contributed by atoms with Crippen molar-refractivity contribution in [3.8, 4) is 0 Å². The number of nitrogens with two attached hydrogens (primary N) is 1. The first kappa shape index (κ1) is 14.3. The lowest BCUT2D eigenvalue weighted by atomic mass is 9.72. The van der Waals surface area contributed by atoms with Crippen LogP contribution in [0.3, 0.4) is 0 Å². The van der Waals surface area contributed by atoms with Crippen molar-refractivity contribution in [2.45, 2.75) is 71.4 Å². The number of likely N-dealkylation sites (tertiary alicyclic amines) is 1. The Balaban J connectivity index is 2.15. The highest BCUT2D eigenvalue weighted by Gasteiger charge is 2.43. The smallest absolute Gasteiger partial charge is 0.0334 e. The fourth-order valence-electron chi connectivity index (χ4n) is 4.25. The van der Waals surface area contributed by atoms with E-state index in [0.717, 1.165) is 24.3 Å². The summed E-state index contributed by atoms with van der Waals surface area (Å²) >= 11 is 0. The highest BCUT2D eigenvalue weighted by atomic mass is 15.2. The molecule has 2 rings (SSSR count). The third-order valence-corrected chi connectivity index (χ3v) is 5.79. The van der Waals surface area contributed by atoms with Crippen molar-refractivity contribution in [2.75, 3.05) is 13.1 Å². The predicted molar refractivity (Wildman–Crippen MR) is 78.5 cm³/mol. The third kappa shape index (κ3) is 2.60. The Kier molecular flexibility index (Phi) is 4.38.